The van der Waals surface area contributed by atoms with Gasteiger partial charge >= 0.3 is 5.97 Å². The fourth-order valence-corrected chi connectivity index (χ4v) is 3.40. The molecular weight excluding hydrogens is 464 g/mol. The summed E-state index contributed by atoms with van der Waals surface area (Å²) in [6.45, 7) is 0. The van der Waals surface area contributed by atoms with Crippen molar-refractivity contribution >= 4 is 60.7 Å². The number of H-pyrrole nitrogens is 1. The Hall–Kier alpha value is -1.90. The SMILES string of the molecule is CSCCC(N)C(=O)NC(Cc1cnc[nH]1)C(=O)NC(CS)C(=O)NC(CS)C(=O)O. The number of carboxylic acid groups (broad SMARTS) is 1. The van der Waals surface area contributed by atoms with Crippen molar-refractivity contribution in [2.24, 2.45) is 5.73 Å². The molecule has 0 bridgehead atoms. The molecule has 14 heteroatoms. The second-order valence-corrected chi connectivity index (χ2v) is 8.27. The van der Waals surface area contributed by atoms with Crippen LogP contribution in [0.2, 0.25) is 0 Å². The van der Waals surface area contributed by atoms with Crippen molar-refractivity contribution in [2.75, 3.05) is 23.5 Å². The van der Waals surface area contributed by atoms with Crippen LogP contribution < -0.4 is 21.7 Å². The maximum Gasteiger partial charge on any atom is 0.327 e. The number of carbonyl (C=O) groups excluding carboxylic acids is 3. The average molecular weight is 493 g/mol. The lowest BCUT2D eigenvalue weighted by molar-refractivity contribution is -0.141. The van der Waals surface area contributed by atoms with Gasteiger partial charge in [0.15, 0.2) is 0 Å². The Balaban J connectivity index is 2.87. The van der Waals surface area contributed by atoms with Crippen LogP contribution in [0, 0.1) is 0 Å². The summed E-state index contributed by atoms with van der Waals surface area (Å²) in [6.07, 6.45) is 5.36. The maximum atomic E-state index is 12.9. The topological polar surface area (TPSA) is 179 Å². The summed E-state index contributed by atoms with van der Waals surface area (Å²) in [6, 6.07) is -4.17. The van der Waals surface area contributed by atoms with E-state index in [-0.39, 0.29) is 17.9 Å². The molecule has 1 rings (SSSR count). The molecule has 4 unspecified atom stereocenters. The Morgan fingerprint density at radius 2 is 1.68 bits per heavy atom. The van der Waals surface area contributed by atoms with E-state index in [1.807, 2.05) is 6.26 Å². The minimum atomic E-state index is -1.25. The number of aliphatic carboxylic acids is 1. The van der Waals surface area contributed by atoms with E-state index in [9.17, 15) is 19.2 Å². The van der Waals surface area contributed by atoms with Crippen molar-refractivity contribution < 1.29 is 24.3 Å². The molecule has 0 saturated heterocycles. The fraction of sp³-hybridized carbons (Fsp3) is 0.588. The molecule has 1 aromatic heterocycles. The third kappa shape index (κ3) is 9.41. The van der Waals surface area contributed by atoms with Gasteiger partial charge in [-0.15, -0.1) is 0 Å². The van der Waals surface area contributed by atoms with E-state index < -0.39 is 47.9 Å². The summed E-state index contributed by atoms with van der Waals surface area (Å²) in [5.41, 5.74) is 6.47. The van der Waals surface area contributed by atoms with E-state index in [4.69, 9.17) is 10.8 Å². The molecule has 0 saturated carbocycles. The van der Waals surface area contributed by atoms with Gasteiger partial charge in [-0.25, -0.2) is 9.78 Å². The third-order valence-electron chi connectivity index (χ3n) is 4.19. The highest BCUT2D eigenvalue weighted by atomic mass is 32.2. The van der Waals surface area contributed by atoms with Gasteiger partial charge in [-0.1, -0.05) is 0 Å². The molecule has 3 amide bonds. The van der Waals surface area contributed by atoms with E-state index in [2.05, 4.69) is 51.2 Å². The first-order valence-electron chi connectivity index (χ1n) is 9.30. The standard InChI is InChI=1S/C17H28N6O5S3/c1-31-3-2-10(18)14(24)21-11(4-9-5-19-8-20-9)15(25)22-12(6-29)16(26)23-13(7-30)17(27)28/h5,8,10-13,29-30H,2-4,6-7,18H2,1H3,(H,19,20)(H,21,24)(H,22,25)(H,23,26)(H,27,28). The molecule has 1 heterocycles. The van der Waals surface area contributed by atoms with Crippen molar-refractivity contribution in [1.82, 2.24) is 25.9 Å². The van der Waals surface area contributed by atoms with Gasteiger partial charge in [0, 0.05) is 29.8 Å². The lowest BCUT2D eigenvalue weighted by Crippen LogP contribution is -2.58. The molecule has 174 valence electrons. The number of nitrogens with two attached hydrogens (primary N) is 1. The summed E-state index contributed by atoms with van der Waals surface area (Å²) >= 11 is 9.50. The largest absolute Gasteiger partial charge is 0.480 e. The summed E-state index contributed by atoms with van der Waals surface area (Å²) in [5.74, 6) is -2.66. The lowest BCUT2D eigenvalue weighted by Gasteiger charge is -2.24. The number of amides is 3. The van der Waals surface area contributed by atoms with Gasteiger partial charge in [-0.3, -0.25) is 14.4 Å². The van der Waals surface area contributed by atoms with Crippen LogP contribution in [-0.4, -0.2) is 86.4 Å². The van der Waals surface area contributed by atoms with Crippen LogP contribution in [0.15, 0.2) is 12.5 Å². The van der Waals surface area contributed by atoms with Gasteiger partial charge in [0.25, 0.3) is 0 Å². The molecule has 0 aliphatic carbocycles. The number of rotatable bonds is 14. The maximum absolute atomic E-state index is 12.9. The lowest BCUT2D eigenvalue weighted by atomic mass is 10.1. The summed E-state index contributed by atoms with van der Waals surface area (Å²) in [7, 11) is 0. The van der Waals surface area contributed by atoms with Crippen molar-refractivity contribution in [1.29, 1.82) is 0 Å². The molecule has 1 aromatic rings. The van der Waals surface area contributed by atoms with E-state index in [0.717, 1.165) is 0 Å². The molecule has 31 heavy (non-hydrogen) atoms. The van der Waals surface area contributed by atoms with Crippen LogP contribution >= 0.6 is 37.0 Å². The molecule has 0 fully saturated rings. The fourth-order valence-electron chi connectivity index (χ4n) is 2.40. The van der Waals surface area contributed by atoms with Crippen molar-refractivity contribution in [3.8, 4) is 0 Å². The zero-order valence-corrected chi connectivity index (χ0v) is 19.5. The number of carboxylic acids is 1. The highest BCUT2D eigenvalue weighted by Gasteiger charge is 2.29. The number of carbonyl (C=O) groups is 4. The van der Waals surface area contributed by atoms with Gasteiger partial charge in [0.1, 0.15) is 18.1 Å². The van der Waals surface area contributed by atoms with Gasteiger partial charge in [-0.2, -0.15) is 37.0 Å². The molecule has 4 atom stereocenters. The number of imidazole rings is 1. The van der Waals surface area contributed by atoms with Crippen LogP contribution in [0.1, 0.15) is 12.1 Å². The van der Waals surface area contributed by atoms with Crippen molar-refractivity contribution in [3.05, 3.63) is 18.2 Å². The average Bonchev–Trinajstić information content (AvgIpc) is 3.25. The molecule has 0 radical (unpaired) electrons. The van der Waals surface area contributed by atoms with Gasteiger partial charge in [0.2, 0.25) is 17.7 Å². The molecule has 11 nitrogen and oxygen atoms in total. The van der Waals surface area contributed by atoms with Crippen LogP contribution in [0.4, 0.5) is 0 Å². The van der Waals surface area contributed by atoms with Gasteiger partial charge in [-0.05, 0) is 18.4 Å². The number of nitrogens with zero attached hydrogens (tertiary/aromatic N) is 1. The highest BCUT2D eigenvalue weighted by Crippen LogP contribution is 2.04. The van der Waals surface area contributed by atoms with Gasteiger partial charge in [0.05, 0.1) is 12.4 Å². The normalized spacial score (nSPS) is 14.7. The molecule has 7 N–H and O–H groups in total. The minimum Gasteiger partial charge on any atom is -0.480 e. The minimum absolute atomic E-state index is 0.0854. The monoisotopic (exact) mass is 492 g/mol. The summed E-state index contributed by atoms with van der Waals surface area (Å²) < 4.78 is 0. The Morgan fingerprint density at radius 3 is 2.19 bits per heavy atom. The van der Waals surface area contributed by atoms with E-state index in [0.29, 0.717) is 17.9 Å². The highest BCUT2D eigenvalue weighted by molar-refractivity contribution is 7.98. The Bertz CT molecular complexity index is 736. The van der Waals surface area contributed by atoms with E-state index in [1.54, 1.807) is 11.8 Å². The molecule has 0 aliphatic rings. The Labute approximate surface area is 195 Å². The first kappa shape index (κ1) is 27.1. The number of nitrogens with one attached hydrogen (secondary N) is 4. The summed E-state index contributed by atoms with van der Waals surface area (Å²) in [4.78, 5) is 55.5. The molecule has 0 aliphatic heterocycles. The third-order valence-corrected chi connectivity index (χ3v) is 5.57. The number of thioether (sulfide) groups is 1. The quantitative estimate of drug-likeness (QED) is 0.143. The van der Waals surface area contributed by atoms with Crippen molar-refractivity contribution in [3.63, 3.8) is 0 Å². The number of hydrogen-bond donors (Lipinski definition) is 8. The van der Waals surface area contributed by atoms with Crippen LogP contribution in [0.5, 0.6) is 0 Å². The summed E-state index contributed by atoms with van der Waals surface area (Å²) in [5, 5.41) is 16.4. The second-order valence-electron chi connectivity index (χ2n) is 6.56. The predicted octanol–water partition coefficient (Wildman–Crippen LogP) is -1.57. The number of aromatic amines is 1. The first-order chi connectivity index (χ1) is 14.7. The predicted molar refractivity (Wildman–Crippen MR) is 124 cm³/mol. The molecular formula is C17H28N6O5S3. The van der Waals surface area contributed by atoms with E-state index >= 15 is 0 Å². The van der Waals surface area contributed by atoms with Crippen LogP contribution in [0.3, 0.4) is 0 Å². The zero-order valence-electron chi connectivity index (χ0n) is 16.9. The number of thiol groups is 2. The molecule has 0 aromatic carbocycles. The number of aromatic nitrogens is 2. The smallest absolute Gasteiger partial charge is 0.327 e. The second kappa shape index (κ2) is 14.2. The van der Waals surface area contributed by atoms with Crippen LogP contribution in [-0.2, 0) is 25.6 Å². The van der Waals surface area contributed by atoms with Crippen molar-refractivity contribution in [2.45, 2.75) is 37.0 Å². The van der Waals surface area contributed by atoms with Gasteiger partial charge < -0.3 is 31.8 Å². The first-order valence-corrected chi connectivity index (χ1v) is 12.0. The van der Waals surface area contributed by atoms with E-state index in [1.165, 1.54) is 12.5 Å². The Kier molecular flexibility index (Phi) is 12.4. The number of hydrogen-bond acceptors (Lipinski definition) is 9. The molecule has 0 spiro atoms. The van der Waals surface area contributed by atoms with Crippen LogP contribution in [0.25, 0.3) is 0 Å². The Morgan fingerprint density at radius 1 is 1.10 bits per heavy atom. The zero-order chi connectivity index (χ0) is 23.4.